The first kappa shape index (κ1) is 17.1. The van der Waals surface area contributed by atoms with Gasteiger partial charge in [0.05, 0.1) is 35.9 Å². The van der Waals surface area contributed by atoms with Gasteiger partial charge in [0.15, 0.2) is 0 Å². The molecule has 1 atom stereocenters. The van der Waals surface area contributed by atoms with Gasteiger partial charge in [-0.05, 0) is 6.92 Å². The number of amides is 1. The molecule has 3 rings (SSSR count). The molecule has 0 saturated heterocycles. The summed E-state index contributed by atoms with van der Waals surface area (Å²) < 4.78 is 7.82. The first-order valence-corrected chi connectivity index (χ1v) is 8.82. The van der Waals surface area contributed by atoms with Gasteiger partial charge < -0.3 is 14.2 Å². The van der Waals surface area contributed by atoms with E-state index in [0.29, 0.717) is 6.61 Å². The average Bonchev–Trinajstić information content (AvgIpc) is 3.16. The summed E-state index contributed by atoms with van der Waals surface area (Å²) in [5.41, 5.74) is 4.17. The van der Waals surface area contributed by atoms with Crippen LogP contribution < -0.4 is 0 Å². The quantitative estimate of drug-likeness (QED) is 0.787. The number of carbonyl (C=O) groups excluding carboxylic acids is 1. The molecular weight excluding hydrogens is 326 g/mol. The van der Waals surface area contributed by atoms with E-state index < -0.39 is 0 Å². The lowest BCUT2D eigenvalue weighted by Gasteiger charge is -2.34. The maximum atomic E-state index is 11.7. The fourth-order valence-corrected chi connectivity index (χ4v) is 3.63. The van der Waals surface area contributed by atoms with Gasteiger partial charge in [-0.25, -0.2) is 9.97 Å². The number of aryl methyl sites for hydroxylation is 1. The second-order valence-electron chi connectivity index (χ2n) is 6.28. The van der Waals surface area contributed by atoms with Crippen LogP contribution in [0.2, 0.25) is 0 Å². The summed E-state index contributed by atoms with van der Waals surface area (Å²) in [5, 5.41) is 0. The molecule has 1 amide bonds. The van der Waals surface area contributed by atoms with Crippen LogP contribution in [0.1, 0.15) is 22.3 Å². The predicted octanol–water partition coefficient (Wildman–Crippen LogP) is 1.31. The Morgan fingerprint density at radius 1 is 1.50 bits per heavy atom. The molecule has 0 fully saturated rings. The van der Waals surface area contributed by atoms with Gasteiger partial charge in [0.1, 0.15) is 6.61 Å². The number of carbonyl (C=O) groups is 1. The van der Waals surface area contributed by atoms with E-state index in [2.05, 4.69) is 19.4 Å². The van der Waals surface area contributed by atoms with E-state index in [1.54, 1.807) is 30.3 Å². The van der Waals surface area contributed by atoms with Crippen LogP contribution in [0.4, 0.5) is 0 Å². The normalized spacial score (nSPS) is 17.7. The van der Waals surface area contributed by atoms with Gasteiger partial charge in [-0.3, -0.25) is 9.69 Å². The number of hydrogen-bond donors (Lipinski definition) is 0. The van der Waals surface area contributed by atoms with E-state index in [1.165, 1.54) is 10.6 Å². The zero-order chi connectivity index (χ0) is 17.1. The highest BCUT2D eigenvalue weighted by atomic mass is 32.1. The first-order chi connectivity index (χ1) is 11.5. The van der Waals surface area contributed by atoms with Crippen LogP contribution in [-0.2, 0) is 22.6 Å². The second-order valence-corrected chi connectivity index (χ2v) is 7.22. The third kappa shape index (κ3) is 3.82. The van der Waals surface area contributed by atoms with Gasteiger partial charge in [-0.15, -0.1) is 11.3 Å². The molecule has 7 nitrogen and oxygen atoms in total. The Morgan fingerprint density at radius 2 is 2.33 bits per heavy atom. The van der Waals surface area contributed by atoms with Crippen LogP contribution in [0.15, 0.2) is 18.0 Å². The lowest BCUT2D eigenvalue weighted by atomic mass is 10.2. The molecule has 3 heterocycles. The summed E-state index contributed by atoms with van der Waals surface area (Å²) in [6.45, 7) is 5.28. The van der Waals surface area contributed by atoms with Gasteiger partial charge >= 0.3 is 0 Å². The maximum absolute atomic E-state index is 11.7. The topological polar surface area (TPSA) is 63.5 Å². The molecule has 0 saturated carbocycles. The summed E-state index contributed by atoms with van der Waals surface area (Å²) in [4.78, 5) is 25.5. The minimum absolute atomic E-state index is 0.0196. The fourth-order valence-electron chi connectivity index (χ4n) is 2.81. The third-order valence-corrected chi connectivity index (χ3v) is 5.16. The molecule has 0 bridgehead atoms. The number of hydrogen-bond acceptors (Lipinski definition) is 6. The van der Waals surface area contributed by atoms with E-state index in [9.17, 15) is 4.79 Å². The van der Waals surface area contributed by atoms with Gasteiger partial charge in [0, 0.05) is 44.8 Å². The molecule has 2 aromatic rings. The monoisotopic (exact) mass is 349 g/mol. The zero-order valence-electron chi connectivity index (χ0n) is 14.3. The van der Waals surface area contributed by atoms with Crippen molar-refractivity contribution >= 4 is 17.2 Å². The summed E-state index contributed by atoms with van der Waals surface area (Å²) in [7, 11) is 3.47. The van der Waals surface area contributed by atoms with Crippen molar-refractivity contribution in [2.45, 2.75) is 26.1 Å². The van der Waals surface area contributed by atoms with Crippen LogP contribution >= 0.6 is 11.3 Å². The van der Waals surface area contributed by atoms with Crippen LogP contribution in [-0.4, -0.2) is 64.1 Å². The van der Waals surface area contributed by atoms with Crippen molar-refractivity contribution in [3.63, 3.8) is 0 Å². The number of fused-ring (bicyclic) bond motifs is 1. The van der Waals surface area contributed by atoms with Crippen LogP contribution in [0.3, 0.4) is 0 Å². The minimum atomic E-state index is -0.0196. The predicted molar refractivity (Wildman–Crippen MR) is 91.7 cm³/mol. The molecule has 0 aromatic carbocycles. The number of likely N-dealkylation sites (N-methyl/N-ethyl adjacent to an activating group) is 1. The van der Waals surface area contributed by atoms with Gasteiger partial charge in [0.2, 0.25) is 5.91 Å². The van der Waals surface area contributed by atoms with Crippen molar-refractivity contribution < 1.29 is 9.53 Å². The van der Waals surface area contributed by atoms with Crippen LogP contribution in [0, 0.1) is 6.92 Å². The summed E-state index contributed by atoms with van der Waals surface area (Å²) in [5.74, 6) is -0.0196. The van der Waals surface area contributed by atoms with E-state index in [1.807, 2.05) is 25.0 Å². The Kier molecular flexibility index (Phi) is 5.27. The minimum Gasteiger partial charge on any atom is -0.369 e. The number of thiazole rings is 1. The molecule has 0 spiro atoms. The number of rotatable bonds is 6. The highest BCUT2D eigenvalue weighted by molar-refractivity contribution is 7.09. The number of aromatic nitrogens is 3. The van der Waals surface area contributed by atoms with Crippen molar-refractivity contribution in [2.75, 3.05) is 33.9 Å². The van der Waals surface area contributed by atoms with E-state index >= 15 is 0 Å². The Morgan fingerprint density at radius 3 is 3.04 bits per heavy atom. The first-order valence-electron chi connectivity index (χ1n) is 7.94. The largest absolute Gasteiger partial charge is 0.369 e. The zero-order valence-corrected chi connectivity index (χ0v) is 15.1. The lowest BCUT2D eigenvalue weighted by molar-refractivity contribution is -0.134. The SMILES string of the molecule is Cc1ncsc1CN1Cc2cncn2[C@H](COCC(=O)N(C)C)C1. The van der Waals surface area contributed by atoms with E-state index in [4.69, 9.17) is 4.74 Å². The second kappa shape index (κ2) is 7.42. The molecule has 1 aliphatic rings. The van der Waals surface area contributed by atoms with Crippen molar-refractivity contribution in [2.24, 2.45) is 0 Å². The molecule has 1 aliphatic heterocycles. The Bertz CT molecular complexity index is 696. The van der Waals surface area contributed by atoms with E-state index in [-0.39, 0.29) is 18.6 Å². The molecule has 2 aromatic heterocycles. The molecule has 0 aliphatic carbocycles. The van der Waals surface area contributed by atoms with Gasteiger partial charge in [-0.2, -0.15) is 0 Å². The smallest absolute Gasteiger partial charge is 0.248 e. The van der Waals surface area contributed by atoms with Gasteiger partial charge in [-0.1, -0.05) is 0 Å². The summed E-state index contributed by atoms with van der Waals surface area (Å²) in [6.07, 6.45) is 3.76. The standard InChI is InChI=1S/C16H23N5O2S/c1-12-15(24-11-18-12)7-20-5-13-4-17-10-21(13)14(6-20)8-23-9-16(22)19(2)3/h4,10-11,14H,5-9H2,1-3H3/t14-/m0/s1. The summed E-state index contributed by atoms with van der Waals surface area (Å²) >= 11 is 1.70. The maximum Gasteiger partial charge on any atom is 0.248 e. The van der Waals surface area contributed by atoms with Crippen molar-refractivity contribution in [1.29, 1.82) is 0 Å². The van der Waals surface area contributed by atoms with E-state index in [0.717, 1.165) is 25.3 Å². The molecule has 8 heteroatoms. The highest BCUT2D eigenvalue weighted by Crippen LogP contribution is 2.24. The lowest BCUT2D eigenvalue weighted by Crippen LogP contribution is -2.39. The average molecular weight is 349 g/mol. The van der Waals surface area contributed by atoms with Crippen LogP contribution in [0.25, 0.3) is 0 Å². The summed E-state index contributed by atoms with van der Waals surface area (Å²) in [6, 6.07) is 0.166. The molecule has 0 radical (unpaired) electrons. The number of imidazole rings is 1. The van der Waals surface area contributed by atoms with Crippen molar-refractivity contribution in [3.8, 4) is 0 Å². The molecule has 0 N–H and O–H groups in total. The Balaban J connectivity index is 1.63. The van der Waals surface area contributed by atoms with Crippen molar-refractivity contribution in [1.82, 2.24) is 24.3 Å². The number of nitrogens with zero attached hydrogens (tertiary/aromatic N) is 5. The number of ether oxygens (including phenoxy) is 1. The van der Waals surface area contributed by atoms with Crippen LogP contribution in [0.5, 0.6) is 0 Å². The third-order valence-electron chi connectivity index (χ3n) is 4.24. The Hall–Kier alpha value is -1.77. The Labute approximate surface area is 145 Å². The fraction of sp³-hybridized carbons (Fsp3) is 0.562. The molecular formula is C16H23N5O2S. The molecule has 24 heavy (non-hydrogen) atoms. The van der Waals surface area contributed by atoms with Crippen molar-refractivity contribution in [3.05, 3.63) is 34.3 Å². The molecule has 0 unspecified atom stereocenters. The highest BCUT2D eigenvalue weighted by Gasteiger charge is 2.26. The van der Waals surface area contributed by atoms with Gasteiger partial charge in [0.25, 0.3) is 0 Å². The molecule has 130 valence electrons.